The molecule has 1 aromatic rings. The molecule has 1 fully saturated rings. The number of phosphoric acid groups is 3. The highest BCUT2D eigenvalue weighted by Gasteiger charge is 2.64. The molecule has 21 heteroatoms. The van der Waals surface area contributed by atoms with Crippen LogP contribution in [0.2, 0.25) is 0 Å². The van der Waals surface area contributed by atoms with E-state index >= 15 is 0 Å². The van der Waals surface area contributed by atoms with E-state index in [9.17, 15) is 42.8 Å². The predicted molar refractivity (Wildman–Crippen MR) is 101 cm³/mol. The lowest BCUT2D eigenvalue weighted by atomic mass is 9.85. The number of aliphatic hydroxyl groups is 2. The minimum absolute atomic E-state index is 0.374. The van der Waals surface area contributed by atoms with Crippen molar-refractivity contribution in [2.24, 2.45) is 0 Å². The number of aliphatic hydroxyl groups excluding tert-OH is 1. The molecule has 7 N–H and O–H groups in total. The number of aromatic amines is 1. The zero-order chi connectivity index (χ0) is 25.5. The Morgan fingerprint density at radius 3 is 2.27 bits per heavy atom. The summed E-state index contributed by atoms with van der Waals surface area (Å²) in [4.78, 5) is 61.0. The summed E-state index contributed by atoms with van der Waals surface area (Å²) < 4.78 is 65.3. The first kappa shape index (κ1) is 28.1. The monoisotopic (exact) mass is 544 g/mol. The van der Waals surface area contributed by atoms with Gasteiger partial charge in [0.15, 0.2) is 11.8 Å². The predicted octanol–water partition coefficient (Wildman–Crippen LogP) is -1.38. The summed E-state index contributed by atoms with van der Waals surface area (Å²) in [7, 11) is -17.3. The SMILES string of the molecule is CCC1(O)C(n2ccc(=O)[nH]c2=O)OC(CF)(COP(=O)(O)OP(=O)(O)OP(=O)(O)O)C1O. The molecule has 6 atom stereocenters. The van der Waals surface area contributed by atoms with Crippen molar-refractivity contribution in [2.45, 2.75) is 36.9 Å². The van der Waals surface area contributed by atoms with Gasteiger partial charge in [-0.3, -0.25) is 18.9 Å². The Morgan fingerprint density at radius 1 is 1.18 bits per heavy atom. The molecule has 0 amide bonds. The minimum atomic E-state index is -5.87. The van der Waals surface area contributed by atoms with Crippen LogP contribution in [-0.4, -0.2) is 69.9 Å². The fourth-order valence-corrected chi connectivity index (χ4v) is 6.08. The van der Waals surface area contributed by atoms with Crippen molar-refractivity contribution < 1.29 is 65.8 Å². The Balaban J connectivity index is 2.33. The van der Waals surface area contributed by atoms with Gasteiger partial charge in [0.1, 0.15) is 18.4 Å². The minimum Gasteiger partial charge on any atom is -0.387 e. The summed E-state index contributed by atoms with van der Waals surface area (Å²) in [5.41, 5.74) is -7.00. The van der Waals surface area contributed by atoms with Crippen molar-refractivity contribution in [1.29, 1.82) is 0 Å². The highest BCUT2D eigenvalue weighted by Crippen LogP contribution is 2.66. The third-order valence-corrected chi connectivity index (χ3v) is 8.31. The fraction of sp³-hybridized carbons (Fsp3) is 0.667. The molecule has 1 aliphatic heterocycles. The van der Waals surface area contributed by atoms with Crippen LogP contribution in [0.4, 0.5) is 4.39 Å². The Morgan fingerprint density at radius 2 is 1.79 bits per heavy atom. The van der Waals surface area contributed by atoms with Crippen LogP contribution in [0.25, 0.3) is 0 Å². The average molecular weight is 544 g/mol. The van der Waals surface area contributed by atoms with Crippen LogP contribution in [0.15, 0.2) is 21.9 Å². The van der Waals surface area contributed by atoms with E-state index in [1.165, 1.54) is 6.92 Å². The molecular weight excluding hydrogens is 524 g/mol. The molecule has 0 bridgehead atoms. The number of nitrogens with zero attached hydrogens (tertiary/aromatic N) is 1. The van der Waals surface area contributed by atoms with E-state index in [1.54, 1.807) is 0 Å². The van der Waals surface area contributed by atoms with Crippen LogP contribution < -0.4 is 11.2 Å². The van der Waals surface area contributed by atoms with Gasteiger partial charge in [0.25, 0.3) is 5.56 Å². The van der Waals surface area contributed by atoms with E-state index in [0.717, 1.165) is 12.3 Å². The Kier molecular flexibility index (Phi) is 8.11. The highest BCUT2D eigenvalue weighted by molar-refractivity contribution is 7.66. The number of hydrogen-bond donors (Lipinski definition) is 7. The van der Waals surface area contributed by atoms with Gasteiger partial charge < -0.3 is 34.5 Å². The second kappa shape index (κ2) is 9.51. The molecule has 0 aromatic carbocycles. The molecule has 0 radical (unpaired) electrons. The molecule has 1 aliphatic rings. The summed E-state index contributed by atoms with van der Waals surface area (Å²) in [5.74, 6) is 0. The van der Waals surface area contributed by atoms with Crippen molar-refractivity contribution in [3.05, 3.63) is 33.1 Å². The molecule has 190 valence electrons. The summed E-state index contributed by atoms with van der Waals surface area (Å²) in [5, 5.41) is 21.5. The topological polar surface area (TPSA) is 264 Å². The first-order valence-corrected chi connectivity index (χ1v) is 13.2. The summed E-state index contributed by atoms with van der Waals surface area (Å²) in [6.07, 6.45) is -3.59. The zero-order valence-corrected chi connectivity index (χ0v) is 19.1. The quantitative estimate of drug-likeness (QED) is 0.167. The van der Waals surface area contributed by atoms with E-state index in [-0.39, 0.29) is 6.42 Å². The van der Waals surface area contributed by atoms with Crippen molar-refractivity contribution >= 4 is 23.5 Å². The van der Waals surface area contributed by atoms with E-state index in [0.29, 0.717) is 4.57 Å². The van der Waals surface area contributed by atoms with Gasteiger partial charge in [-0.2, -0.15) is 8.62 Å². The number of halogens is 1. The standard InChI is InChI=1S/C12H20FN2O15P3/c1-2-12(19)8(17)11(5-13,28-9(12)15-4-3-7(16)14-10(15)18)6-27-32(23,24)30-33(25,26)29-31(20,21)22/h3-4,8-9,17,19H,2,5-6H2,1H3,(H,23,24)(H,25,26)(H,14,16,18)(H2,20,21,22). The molecule has 1 aromatic heterocycles. The molecule has 2 rings (SSSR count). The molecule has 33 heavy (non-hydrogen) atoms. The Hall–Kier alpha value is -1.10. The number of nitrogens with one attached hydrogen (secondary N) is 1. The zero-order valence-electron chi connectivity index (χ0n) is 16.5. The van der Waals surface area contributed by atoms with E-state index < -0.39 is 71.5 Å². The Labute approximate surface area is 182 Å². The summed E-state index contributed by atoms with van der Waals surface area (Å²) in [6.45, 7) is -1.83. The fourth-order valence-electron chi connectivity index (χ4n) is 3.01. The first-order chi connectivity index (χ1) is 14.9. The lowest BCUT2D eigenvalue weighted by Gasteiger charge is -2.32. The van der Waals surface area contributed by atoms with Crippen LogP contribution in [0.5, 0.6) is 0 Å². The molecule has 0 saturated carbocycles. The summed E-state index contributed by atoms with van der Waals surface area (Å²) in [6, 6.07) is 0.856. The van der Waals surface area contributed by atoms with Gasteiger partial charge in [0, 0.05) is 12.3 Å². The molecule has 1 saturated heterocycles. The lowest BCUT2D eigenvalue weighted by Crippen LogP contribution is -2.54. The van der Waals surface area contributed by atoms with Crippen molar-refractivity contribution in [2.75, 3.05) is 13.3 Å². The van der Waals surface area contributed by atoms with Crippen molar-refractivity contribution in [1.82, 2.24) is 9.55 Å². The molecule has 0 spiro atoms. The normalized spacial score (nSPS) is 31.8. The maximum Gasteiger partial charge on any atom is 0.490 e. The second-order valence-corrected chi connectivity index (χ2v) is 11.2. The van der Waals surface area contributed by atoms with Gasteiger partial charge in [-0.15, -0.1) is 0 Å². The van der Waals surface area contributed by atoms with Gasteiger partial charge in [-0.1, -0.05) is 6.92 Å². The van der Waals surface area contributed by atoms with Crippen molar-refractivity contribution in [3.8, 4) is 0 Å². The van der Waals surface area contributed by atoms with Crippen LogP contribution in [0.3, 0.4) is 0 Å². The van der Waals surface area contributed by atoms with Crippen LogP contribution in [-0.2, 0) is 31.6 Å². The summed E-state index contributed by atoms with van der Waals surface area (Å²) >= 11 is 0. The maximum atomic E-state index is 14.0. The number of hydrogen-bond acceptors (Lipinski definition) is 11. The maximum absolute atomic E-state index is 14.0. The number of phosphoric ester groups is 1. The van der Waals surface area contributed by atoms with Gasteiger partial charge in [0.05, 0.1) is 6.61 Å². The second-order valence-electron chi connectivity index (χ2n) is 6.80. The third kappa shape index (κ3) is 6.32. The smallest absolute Gasteiger partial charge is 0.387 e. The highest BCUT2D eigenvalue weighted by atomic mass is 31.3. The number of alkyl halides is 1. The van der Waals surface area contributed by atoms with Crippen LogP contribution in [0.1, 0.15) is 19.6 Å². The van der Waals surface area contributed by atoms with Crippen LogP contribution in [0, 0.1) is 0 Å². The lowest BCUT2D eigenvalue weighted by molar-refractivity contribution is -0.139. The van der Waals surface area contributed by atoms with Gasteiger partial charge in [-0.05, 0) is 6.42 Å². The van der Waals surface area contributed by atoms with E-state index in [4.69, 9.17) is 19.4 Å². The molecule has 17 nitrogen and oxygen atoms in total. The average Bonchev–Trinajstić information content (AvgIpc) is 2.86. The molecule has 2 heterocycles. The van der Waals surface area contributed by atoms with Gasteiger partial charge in [0.2, 0.25) is 0 Å². The first-order valence-electron chi connectivity index (χ1n) is 8.64. The molecule has 6 unspecified atom stereocenters. The number of ether oxygens (including phenoxy) is 1. The molecular formula is C12H20FN2O15P3. The van der Waals surface area contributed by atoms with E-state index in [1.807, 2.05) is 4.98 Å². The number of aromatic nitrogens is 2. The number of rotatable bonds is 10. The number of H-pyrrole nitrogens is 1. The molecule has 0 aliphatic carbocycles. The largest absolute Gasteiger partial charge is 0.490 e. The van der Waals surface area contributed by atoms with Crippen molar-refractivity contribution in [3.63, 3.8) is 0 Å². The van der Waals surface area contributed by atoms with Crippen LogP contribution >= 0.6 is 23.5 Å². The Bertz CT molecular complexity index is 1130. The van der Waals surface area contributed by atoms with Gasteiger partial charge >= 0.3 is 29.2 Å². The van der Waals surface area contributed by atoms with Gasteiger partial charge in [-0.25, -0.2) is 22.9 Å². The van der Waals surface area contributed by atoms with E-state index in [2.05, 4.69) is 13.1 Å². The third-order valence-electron chi connectivity index (χ3n) is 4.53.